The molecule has 2 amide bonds. The first-order valence-electron chi connectivity index (χ1n) is 7.62. The minimum absolute atomic E-state index is 0.0325. The average molecular weight is 372 g/mol. The smallest absolute Gasteiger partial charge is 0.275 e. The number of amides is 2. The van der Waals surface area contributed by atoms with Crippen LogP contribution in [0.1, 0.15) is 5.56 Å². The normalized spacial score (nSPS) is 14.4. The van der Waals surface area contributed by atoms with Gasteiger partial charge in [-0.25, -0.2) is 8.42 Å². The number of methoxy groups -OCH3 is 1. The zero-order valence-corrected chi connectivity index (χ0v) is 14.9. The van der Waals surface area contributed by atoms with Gasteiger partial charge in [-0.3, -0.25) is 14.9 Å². The van der Waals surface area contributed by atoms with Crippen LogP contribution in [0.3, 0.4) is 0 Å². The number of benzene rings is 2. The van der Waals surface area contributed by atoms with Crippen LogP contribution in [0.15, 0.2) is 59.1 Å². The van der Waals surface area contributed by atoms with Crippen LogP contribution in [0.25, 0.3) is 5.57 Å². The highest BCUT2D eigenvalue weighted by molar-refractivity contribution is 7.90. The SMILES string of the molecule is COc1ccccc1C1=C(Nc2cccc(S(C)(=O)=O)c2)C(=O)NC1=O. The second-order valence-electron chi connectivity index (χ2n) is 5.66. The van der Waals surface area contributed by atoms with Crippen molar-refractivity contribution in [2.45, 2.75) is 4.90 Å². The lowest BCUT2D eigenvalue weighted by Gasteiger charge is -2.11. The molecule has 0 saturated carbocycles. The van der Waals surface area contributed by atoms with Crippen LogP contribution in [-0.2, 0) is 19.4 Å². The van der Waals surface area contributed by atoms with Crippen molar-refractivity contribution in [3.05, 3.63) is 59.8 Å². The number of imide groups is 1. The van der Waals surface area contributed by atoms with Crippen LogP contribution in [0, 0.1) is 0 Å². The maximum absolute atomic E-state index is 12.3. The Kier molecular flexibility index (Phi) is 4.52. The van der Waals surface area contributed by atoms with E-state index in [4.69, 9.17) is 4.74 Å². The van der Waals surface area contributed by atoms with E-state index < -0.39 is 21.7 Å². The van der Waals surface area contributed by atoms with Crippen molar-refractivity contribution in [3.8, 4) is 5.75 Å². The summed E-state index contributed by atoms with van der Waals surface area (Å²) < 4.78 is 28.7. The first-order valence-corrected chi connectivity index (χ1v) is 9.51. The molecule has 2 aromatic rings. The predicted octanol–water partition coefficient (Wildman–Crippen LogP) is 1.58. The first-order chi connectivity index (χ1) is 12.3. The maximum atomic E-state index is 12.3. The Morgan fingerprint density at radius 2 is 1.73 bits per heavy atom. The van der Waals surface area contributed by atoms with E-state index in [1.807, 2.05) is 0 Å². The van der Waals surface area contributed by atoms with Gasteiger partial charge in [0, 0.05) is 17.5 Å². The second kappa shape index (κ2) is 6.64. The third kappa shape index (κ3) is 3.31. The molecule has 0 radical (unpaired) electrons. The fourth-order valence-corrected chi connectivity index (χ4v) is 3.30. The number of carbonyl (C=O) groups excluding carboxylic acids is 2. The van der Waals surface area contributed by atoms with E-state index in [1.165, 1.54) is 19.2 Å². The molecule has 8 heteroatoms. The predicted molar refractivity (Wildman–Crippen MR) is 96.2 cm³/mol. The molecule has 1 aliphatic heterocycles. The molecule has 7 nitrogen and oxygen atoms in total. The van der Waals surface area contributed by atoms with E-state index in [0.29, 0.717) is 17.0 Å². The molecule has 0 saturated heterocycles. The molecule has 134 valence electrons. The maximum Gasteiger partial charge on any atom is 0.275 e. The van der Waals surface area contributed by atoms with E-state index in [-0.39, 0.29) is 16.2 Å². The van der Waals surface area contributed by atoms with Gasteiger partial charge in [0.25, 0.3) is 11.8 Å². The lowest BCUT2D eigenvalue weighted by Crippen LogP contribution is -2.24. The molecular weight excluding hydrogens is 356 g/mol. The first kappa shape index (κ1) is 17.7. The number of carbonyl (C=O) groups is 2. The zero-order valence-electron chi connectivity index (χ0n) is 14.1. The standard InChI is InChI=1S/C18H16N2O5S/c1-25-14-9-4-3-8-13(14)15-16(18(22)20-17(15)21)19-11-6-5-7-12(10-11)26(2,23)24/h3-10H,1-2H3,(H2,19,20,21,22). The van der Waals surface area contributed by atoms with Gasteiger partial charge in [-0.1, -0.05) is 24.3 Å². The van der Waals surface area contributed by atoms with Crippen molar-refractivity contribution in [2.75, 3.05) is 18.7 Å². The summed E-state index contributed by atoms with van der Waals surface area (Å²) >= 11 is 0. The third-order valence-corrected chi connectivity index (χ3v) is 4.95. The van der Waals surface area contributed by atoms with Crippen molar-refractivity contribution in [1.29, 1.82) is 0 Å². The van der Waals surface area contributed by atoms with E-state index in [0.717, 1.165) is 6.26 Å². The van der Waals surface area contributed by atoms with Crippen molar-refractivity contribution in [2.24, 2.45) is 0 Å². The van der Waals surface area contributed by atoms with Crippen LogP contribution in [0.5, 0.6) is 5.75 Å². The fraction of sp³-hybridized carbons (Fsp3) is 0.111. The highest BCUT2D eigenvalue weighted by Gasteiger charge is 2.33. The number of hydrogen-bond acceptors (Lipinski definition) is 6. The second-order valence-corrected chi connectivity index (χ2v) is 7.67. The molecule has 0 bridgehead atoms. The Balaban J connectivity index is 2.10. The Bertz CT molecular complexity index is 1040. The van der Waals surface area contributed by atoms with Gasteiger partial charge >= 0.3 is 0 Å². The van der Waals surface area contributed by atoms with Crippen LogP contribution < -0.4 is 15.4 Å². The van der Waals surface area contributed by atoms with Crippen LogP contribution in [0.2, 0.25) is 0 Å². The molecule has 0 fully saturated rings. The van der Waals surface area contributed by atoms with Gasteiger partial charge in [-0.15, -0.1) is 0 Å². The molecule has 26 heavy (non-hydrogen) atoms. The largest absolute Gasteiger partial charge is 0.496 e. The van der Waals surface area contributed by atoms with Crippen molar-refractivity contribution in [1.82, 2.24) is 5.32 Å². The molecule has 0 aliphatic carbocycles. The number of sulfone groups is 1. The number of para-hydroxylation sites is 1. The lowest BCUT2D eigenvalue weighted by atomic mass is 10.0. The van der Waals surface area contributed by atoms with E-state index in [9.17, 15) is 18.0 Å². The molecule has 3 rings (SSSR count). The summed E-state index contributed by atoms with van der Waals surface area (Å²) in [6.07, 6.45) is 1.09. The number of hydrogen-bond donors (Lipinski definition) is 2. The van der Waals surface area contributed by atoms with E-state index in [1.54, 1.807) is 36.4 Å². The minimum atomic E-state index is -3.40. The molecule has 0 aromatic heterocycles. The molecule has 0 atom stereocenters. The summed E-state index contributed by atoms with van der Waals surface area (Å²) in [4.78, 5) is 24.6. The molecule has 1 heterocycles. The summed E-state index contributed by atoms with van der Waals surface area (Å²) in [6.45, 7) is 0. The topological polar surface area (TPSA) is 102 Å². The highest BCUT2D eigenvalue weighted by atomic mass is 32.2. The monoisotopic (exact) mass is 372 g/mol. The Morgan fingerprint density at radius 3 is 2.42 bits per heavy atom. The number of nitrogens with one attached hydrogen (secondary N) is 2. The Hall–Kier alpha value is -3.13. The zero-order chi connectivity index (χ0) is 18.9. The summed E-state index contributed by atoms with van der Waals surface area (Å²) in [6, 6.07) is 12.8. The van der Waals surface area contributed by atoms with Crippen molar-refractivity contribution in [3.63, 3.8) is 0 Å². The summed E-state index contributed by atoms with van der Waals surface area (Å²) in [5.74, 6) is -0.710. The summed E-state index contributed by atoms with van der Waals surface area (Å²) in [5, 5.41) is 5.10. The quantitative estimate of drug-likeness (QED) is 0.773. The van der Waals surface area contributed by atoms with Gasteiger partial charge in [-0.05, 0) is 24.3 Å². The van der Waals surface area contributed by atoms with Gasteiger partial charge in [0.2, 0.25) is 0 Å². The van der Waals surface area contributed by atoms with Crippen molar-refractivity contribution < 1.29 is 22.7 Å². The summed E-state index contributed by atoms with van der Waals surface area (Å²) in [7, 11) is -1.93. The van der Waals surface area contributed by atoms with Gasteiger partial charge in [0.1, 0.15) is 11.4 Å². The van der Waals surface area contributed by atoms with Crippen LogP contribution >= 0.6 is 0 Å². The Morgan fingerprint density at radius 1 is 1.00 bits per heavy atom. The average Bonchev–Trinajstić information content (AvgIpc) is 2.88. The minimum Gasteiger partial charge on any atom is -0.496 e. The lowest BCUT2D eigenvalue weighted by molar-refractivity contribution is -0.123. The van der Waals surface area contributed by atoms with E-state index in [2.05, 4.69) is 10.6 Å². The van der Waals surface area contributed by atoms with Crippen molar-refractivity contribution >= 4 is 32.9 Å². The molecule has 2 N–H and O–H groups in total. The van der Waals surface area contributed by atoms with Gasteiger partial charge in [0.15, 0.2) is 9.84 Å². The number of ether oxygens (including phenoxy) is 1. The van der Waals surface area contributed by atoms with Gasteiger partial charge < -0.3 is 10.1 Å². The fourth-order valence-electron chi connectivity index (χ4n) is 2.63. The Labute approximate surface area is 150 Å². The molecule has 0 unspecified atom stereocenters. The summed E-state index contributed by atoms with van der Waals surface area (Å²) in [5.41, 5.74) is 1.00. The van der Waals surface area contributed by atoms with Gasteiger partial charge in [-0.2, -0.15) is 0 Å². The van der Waals surface area contributed by atoms with Crippen LogP contribution in [-0.4, -0.2) is 33.6 Å². The van der Waals surface area contributed by atoms with Crippen LogP contribution in [0.4, 0.5) is 5.69 Å². The molecule has 2 aromatic carbocycles. The molecule has 0 spiro atoms. The molecule has 1 aliphatic rings. The van der Waals surface area contributed by atoms with E-state index >= 15 is 0 Å². The highest BCUT2D eigenvalue weighted by Crippen LogP contribution is 2.32. The number of anilines is 1. The molecular formula is C18H16N2O5S. The van der Waals surface area contributed by atoms with Gasteiger partial charge in [0.05, 0.1) is 17.6 Å². The number of rotatable bonds is 5. The third-order valence-electron chi connectivity index (χ3n) is 3.84.